The van der Waals surface area contributed by atoms with Gasteiger partial charge in [0.05, 0.1) is 6.04 Å². The topological polar surface area (TPSA) is 74.0 Å². The number of para-hydroxylation sites is 1. The summed E-state index contributed by atoms with van der Waals surface area (Å²) in [6, 6.07) is 9.70. The Kier molecular flexibility index (Phi) is 4.05. The number of rotatable bonds is 4. The highest BCUT2D eigenvalue weighted by Crippen LogP contribution is 2.15. The summed E-state index contributed by atoms with van der Waals surface area (Å²) >= 11 is 0. The van der Waals surface area contributed by atoms with Gasteiger partial charge in [-0.3, -0.25) is 9.36 Å². The minimum absolute atomic E-state index is 0.0917. The van der Waals surface area contributed by atoms with E-state index in [-0.39, 0.29) is 11.9 Å². The fourth-order valence-electron chi connectivity index (χ4n) is 2.74. The van der Waals surface area contributed by atoms with Crippen LogP contribution in [-0.2, 0) is 0 Å². The zero-order chi connectivity index (χ0) is 15.4. The maximum Gasteiger partial charge on any atom is 0.287 e. The fraction of sp³-hybridized carbons (Fsp3) is 0.312. The number of carbonyl (C=O) groups is 1. The van der Waals surface area contributed by atoms with E-state index in [1.165, 1.54) is 0 Å². The van der Waals surface area contributed by atoms with E-state index < -0.39 is 0 Å². The molecular weight excluding hydrogens is 278 g/mol. The molecular formula is C16H17N5O. The highest BCUT2D eigenvalue weighted by Gasteiger charge is 2.24. The predicted octanol–water partition coefficient (Wildman–Crippen LogP) is 1.55. The van der Waals surface area contributed by atoms with Crippen LogP contribution in [0.3, 0.4) is 0 Å². The number of nitriles is 1. The van der Waals surface area contributed by atoms with Crippen LogP contribution >= 0.6 is 0 Å². The van der Waals surface area contributed by atoms with Gasteiger partial charge < -0.3 is 10.2 Å². The number of hydrogen-bond acceptors (Lipinski definition) is 4. The number of hydrogen-bond donors (Lipinski definition) is 1. The molecule has 0 unspecified atom stereocenters. The average Bonchev–Trinajstić information content (AvgIpc) is 3.22. The molecule has 1 aliphatic rings. The van der Waals surface area contributed by atoms with E-state index in [1.807, 2.05) is 30.3 Å². The molecule has 0 aliphatic carbocycles. The van der Waals surface area contributed by atoms with Gasteiger partial charge in [0.15, 0.2) is 6.19 Å². The first-order valence-electron chi connectivity index (χ1n) is 7.33. The van der Waals surface area contributed by atoms with Crippen LogP contribution in [0.25, 0.3) is 5.69 Å². The number of nitrogens with zero attached hydrogens (tertiary/aromatic N) is 4. The summed E-state index contributed by atoms with van der Waals surface area (Å²) in [6.45, 7) is 1.24. The average molecular weight is 295 g/mol. The summed E-state index contributed by atoms with van der Waals surface area (Å²) in [5, 5.41) is 11.9. The van der Waals surface area contributed by atoms with Crippen LogP contribution in [-0.4, -0.2) is 39.5 Å². The Morgan fingerprint density at radius 1 is 1.41 bits per heavy atom. The van der Waals surface area contributed by atoms with Gasteiger partial charge in [-0.25, -0.2) is 4.98 Å². The molecule has 6 nitrogen and oxygen atoms in total. The van der Waals surface area contributed by atoms with Crippen molar-refractivity contribution < 1.29 is 4.79 Å². The maximum atomic E-state index is 12.4. The Bertz CT molecular complexity index is 688. The van der Waals surface area contributed by atoms with Gasteiger partial charge in [-0.15, -0.1) is 0 Å². The van der Waals surface area contributed by atoms with Crippen molar-refractivity contribution in [2.75, 3.05) is 13.1 Å². The third kappa shape index (κ3) is 2.79. The summed E-state index contributed by atoms with van der Waals surface area (Å²) in [4.78, 5) is 18.2. The van der Waals surface area contributed by atoms with E-state index >= 15 is 0 Å². The highest BCUT2D eigenvalue weighted by atomic mass is 16.2. The zero-order valence-electron chi connectivity index (χ0n) is 12.1. The second-order valence-corrected chi connectivity index (χ2v) is 5.26. The smallest absolute Gasteiger partial charge is 0.287 e. The van der Waals surface area contributed by atoms with E-state index in [0.717, 1.165) is 25.1 Å². The number of aromatic nitrogens is 2. The largest absolute Gasteiger partial charge is 0.347 e. The molecule has 1 aromatic heterocycles. The fourth-order valence-corrected chi connectivity index (χ4v) is 2.74. The number of imidazole rings is 1. The summed E-state index contributed by atoms with van der Waals surface area (Å²) in [7, 11) is 0. The second-order valence-electron chi connectivity index (χ2n) is 5.26. The van der Waals surface area contributed by atoms with Gasteiger partial charge >= 0.3 is 0 Å². The molecule has 1 N–H and O–H groups in total. The summed E-state index contributed by atoms with van der Waals surface area (Å²) in [6.07, 6.45) is 7.47. The lowest BCUT2D eigenvalue weighted by molar-refractivity contribution is 0.0933. The van der Waals surface area contributed by atoms with Crippen LogP contribution in [0, 0.1) is 11.5 Å². The van der Waals surface area contributed by atoms with Crippen molar-refractivity contribution in [1.82, 2.24) is 19.8 Å². The molecule has 3 rings (SSSR count). The molecule has 0 bridgehead atoms. The molecule has 1 aromatic carbocycles. The van der Waals surface area contributed by atoms with E-state index in [4.69, 9.17) is 5.26 Å². The van der Waals surface area contributed by atoms with Crippen molar-refractivity contribution >= 4 is 5.91 Å². The molecule has 6 heteroatoms. The lowest BCUT2D eigenvalue weighted by Gasteiger charge is -2.18. The summed E-state index contributed by atoms with van der Waals surface area (Å²) in [5.74, 6) is 0.131. The number of benzene rings is 1. The van der Waals surface area contributed by atoms with Gasteiger partial charge in [0.2, 0.25) is 5.82 Å². The Balaban J connectivity index is 1.69. The predicted molar refractivity (Wildman–Crippen MR) is 81.2 cm³/mol. The second kappa shape index (κ2) is 6.31. The van der Waals surface area contributed by atoms with Crippen molar-refractivity contribution in [3.05, 3.63) is 48.5 Å². The van der Waals surface area contributed by atoms with Gasteiger partial charge in [0, 0.05) is 31.2 Å². The third-order valence-electron chi connectivity index (χ3n) is 3.88. The van der Waals surface area contributed by atoms with Crippen LogP contribution in [0.1, 0.15) is 23.5 Å². The van der Waals surface area contributed by atoms with Crippen molar-refractivity contribution in [1.29, 1.82) is 5.26 Å². The Hall–Kier alpha value is -2.81. The van der Waals surface area contributed by atoms with Crippen LogP contribution in [0.15, 0.2) is 42.7 Å². The van der Waals surface area contributed by atoms with Crippen LogP contribution in [0.5, 0.6) is 0 Å². The van der Waals surface area contributed by atoms with Crippen molar-refractivity contribution in [3.8, 4) is 11.9 Å². The van der Waals surface area contributed by atoms with Gasteiger partial charge in [-0.1, -0.05) is 18.2 Å². The monoisotopic (exact) mass is 295 g/mol. The maximum absolute atomic E-state index is 12.4. The summed E-state index contributed by atoms with van der Waals surface area (Å²) in [5.41, 5.74) is 0.893. The molecule has 2 aromatic rings. The first-order chi connectivity index (χ1) is 10.8. The van der Waals surface area contributed by atoms with Crippen LogP contribution < -0.4 is 5.32 Å². The minimum atomic E-state index is -0.223. The van der Waals surface area contributed by atoms with Crippen LogP contribution in [0.4, 0.5) is 0 Å². The molecule has 1 aliphatic heterocycles. The third-order valence-corrected chi connectivity index (χ3v) is 3.88. The molecule has 2 heterocycles. The molecule has 0 saturated carbocycles. The van der Waals surface area contributed by atoms with Crippen molar-refractivity contribution in [2.24, 2.45) is 0 Å². The number of carbonyl (C=O) groups excluding carboxylic acids is 1. The molecule has 1 atom stereocenters. The first-order valence-corrected chi connectivity index (χ1v) is 7.33. The zero-order valence-corrected chi connectivity index (χ0v) is 12.1. The Labute approximate surface area is 129 Å². The minimum Gasteiger partial charge on any atom is -0.347 e. The van der Waals surface area contributed by atoms with Gasteiger partial charge in [-0.05, 0) is 25.0 Å². The number of likely N-dealkylation sites (tertiary alicyclic amines) is 1. The lowest BCUT2D eigenvalue weighted by atomic mass is 10.2. The van der Waals surface area contributed by atoms with E-state index in [0.29, 0.717) is 12.4 Å². The quantitative estimate of drug-likeness (QED) is 0.868. The Morgan fingerprint density at radius 2 is 2.23 bits per heavy atom. The van der Waals surface area contributed by atoms with Crippen LogP contribution in [0.2, 0.25) is 0 Å². The number of nitrogens with one attached hydrogen (secondary N) is 1. The van der Waals surface area contributed by atoms with Gasteiger partial charge in [0.1, 0.15) is 0 Å². The van der Waals surface area contributed by atoms with E-state index in [1.54, 1.807) is 21.9 Å². The lowest BCUT2D eigenvalue weighted by Crippen LogP contribution is -2.38. The van der Waals surface area contributed by atoms with E-state index in [9.17, 15) is 4.79 Å². The molecule has 22 heavy (non-hydrogen) atoms. The molecule has 1 fully saturated rings. The summed E-state index contributed by atoms with van der Waals surface area (Å²) < 4.78 is 1.76. The number of amides is 1. The standard InChI is InChI=1S/C16H17N5O/c17-12-20-9-4-7-14(20)11-19-16(22)15-18-8-10-21(15)13-5-2-1-3-6-13/h1-3,5-6,8,10,14H,4,7,9,11H2,(H,19,22)/t14-/m1/s1. The first kappa shape index (κ1) is 14.1. The molecule has 112 valence electrons. The van der Waals surface area contributed by atoms with Crippen molar-refractivity contribution in [2.45, 2.75) is 18.9 Å². The molecule has 1 amide bonds. The normalized spacial score (nSPS) is 17.2. The van der Waals surface area contributed by atoms with Gasteiger partial charge in [-0.2, -0.15) is 5.26 Å². The Morgan fingerprint density at radius 3 is 3.00 bits per heavy atom. The SMILES string of the molecule is N#CN1CCC[C@@H]1CNC(=O)c1nccn1-c1ccccc1. The molecule has 0 spiro atoms. The van der Waals surface area contributed by atoms with E-state index in [2.05, 4.69) is 16.5 Å². The molecule has 1 saturated heterocycles. The van der Waals surface area contributed by atoms with Gasteiger partial charge in [0.25, 0.3) is 5.91 Å². The van der Waals surface area contributed by atoms with Crippen molar-refractivity contribution in [3.63, 3.8) is 0 Å². The highest BCUT2D eigenvalue weighted by molar-refractivity contribution is 5.91. The molecule has 0 radical (unpaired) electrons.